The molecule has 4 aromatic rings. The summed E-state index contributed by atoms with van der Waals surface area (Å²) in [4.78, 5) is 12.5. The van der Waals surface area contributed by atoms with Crippen molar-refractivity contribution in [1.82, 2.24) is 14.8 Å². The maximum atomic E-state index is 12.5. The number of anilines is 1. The molecule has 0 radical (unpaired) electrons. The molecule has 0 saturated carbocycles. The molecule has 0 saturated heterocycles. The van der Waals surface area contributed by atoms with Crippen LogP contribution in [0.25, 0.3) is 5.69 Å². The highest BCUT2D eigenvalue weighted by Crippen LogP contribution is 2.27. The molecule has 0 bridgehead atoms. The number of hydrogen-bond donors (Lipinski definition) is 1. The second-order valence-corrected chi connectivity index (χ2v) is 9.06. The van der Waals surface area contributed by atoms with Crippen LogP contribution in [-0.4, -0.2) is 26.4 Å². The lowest BCUT2D eigenvalue weighted by atomic mass is 10.1. The molecule has 1 N–H and O–H groups in total. The van der Waals surface area contributed by atoms with Gasteiger partial charge < -0.3 is 5.32 Å². The molecule has 1 heterocycles. The van der Waals surface area contributed by atoms with Gasteiger partial charge in [-0.3, -0.25) is 9.36 Å². The van der Waals surface area contributed by atoms with Crippen molar-refractivity contribution in [2.24, 2.45) is 0 Å². The second-order valence-electron chi connectivity index (χ2n) is 6.83. The molecule has 3 aromatic carbocycles. The fourth-order valence-electron chi connectivity index (χ4n) is 3.04. The standard InChI is InChI=1S/C23H17Cl3N4OS/c24-16-6-9-18(10-7-16)30-21(12-15-4-2-1-3-5-15)28-29-23(30)32-14-22(31)27-20-11-8-17(25)13-19(20)26/h1-11,13H,12,14H2,(H,27,31). The number of nitrogens with zero attached hydrogens (tertiary/aromatic N) is 3. The van der Waals surface area contributed by atoms with Gasteiger partial charge in [0.25, 0.3) is 0 Å². The van der Waals surface area contributed by atoms with Crippen LogP contribution >= 0.6 is 46.6 Å². The summed E-state index contributed by atoms with van der Waals surface area (Å²) >= 11 is 19.4. The summed E-state index contributed by atoms with van der Waals surface area (Å²) in [6.07, 6.45) is 0.601. The Labute approximate surface area is 204 Å². The quantitative estimate of drug-likeness (QED) is 0.291. The SMILES string of the molecule is O=C(CSc1nnc(Cc2ccccc2)n1-c1ccc(Cl)cc1)Nc1ccc(Cl)cc1Cl. The summed E-state index contributed by atoms with van der Waals surface area (Å²) < 4.78 is 1.94. The zero-order valence-corrected chi connectivity index (χ0v) is 19.7. The van der Waals surface area contributed by atoms with Gasteiger partial charge in [-0.25, -0.2) is 0 Å². The molecule has 9 heteroatoms. The van der Waals surface area contributed by atoms with Gasteiger partial charge in [-0.2, -0.15) is 0 Å². The Kier molecular flexibility index (Phi) is 7.37. The second kappa shape index (κ2) is 10.4. The van der Waals surface area contributed by atoms with E-state index in [1.165, 1.54) is 11.8 Å². The van der Waals surface area contributed by atoms with E-state index in [0.29, 0.717) is 32.3 Å². The van der Waals surface area contributed by atoms with E-state index in [1.54, 1.807) is 18.2 Å². The Morgan fingerprint density at radius 3 is 2.34 bits per heavy atom. The van der Waals surface area contributed by atoms with Gasteiger partial charge in [0.1, 0.15) is 5.82 Å². The topological polar surface area (TPSA) is 59.8 Å². The monoisotopic (exact) mass is 502 g/mol. The van der Waals surface area contributed by atoms with Gasteiger partial charge in [-0.15, -0.1) is 10.2 Å². The van der Waals surface area contributed by atoms with Crippen molar-refractivity contribution in [3.63, 3.8) is 0 Å². The Morgan fingerprint density at radius 2 is 1.62 bits per heavy atom. The first-order chi connectivity index (χ1) is 15.5. The Bertz CT molecular complexity index is 1230. The third kappa shape index (κ3) is 5.64. The number of amides is 1. The Balaban J connectivity index is 1.55. The van der Waals surface area contributed by atoms with E-state index < -0.39 is 0 Å². The minimum absolute atomic E-state index is 0.135. The zero-order valence-electron chi connectivity index (χ0n) is 16.6. The molecule has 0 aliphatic rings. The Morgan fingerprint density at radius 1 is 0.906 bits per heavy atom. The van der Waals surface area contributed by atoms with E-state index in [1.807, 2.05) is 59.2 Å². The van der Waals surface area contributed by atoms with Crippen molar-refractivity contribution >= 4 is 58.2 Å². The van der Waals surface area contributed by atoms with Crippen LogP contribution in [0.3, 0.4) is 0 Å². The van der Waals surface area contributed by atoms with Gasteiger partial charge in [-0.1, -0.05) is 76.9 Å². The van der Waals surface area contributed by atoms with Gasteiger partial charge in [0.15, 0.2) is 5.16 Å². The normalized spacial score (nSPS) is 10.8. The average molecular weight is 504 g/mol. The number of aromatic nitrogens is 3. The summed E-state index contributed by atoms with van der Waals surface area (Å²) in [6.45, 7) is 0. The third-order valence-electron chi connectivity index (χ3n) is 4.53. The summed E-state index contributed by atoms with van der Waals surface area (Å²) in [5.41, 5.74) is 2.49. The minimum atomic E-state index is -0.213. The van der Waals surface area contributed by atoms with Crippen LogP contribution in [0.15, 0.2) is 78.0 Å². The number of hydrogen-bond acceptors (Lipinski definition) is 4. The minimum Gasteiger partial charge on any atom is -0.324 e. The van der Waals surface area contributed by atoms with Crippen LogP contribution in [0.5, 0.6) is 0 Å². The molecule has 0 aliphatic carbocycles. The molecule has 0 fully saturated rings. The highest BCUT2D eigenvalue weighted by molar-refractivity contribution is 7.99. The third-order valence-corrected chi connectivity index (χ3v) is 6.26. The summed E-state index contributed by atoms with van der Waals surface area (Å²) in [5.74, 6) is 0.687. The van der Waals surface area contributed by atoms with Crippen LogP contribution in [0.4, 0.5) is 5.69 Å². The molecular formula is C23H17Cl3N4OS. The highest BCUT2D eigenvalue weighted by Gasteiger charge is 2.17. The molecule has 32 heavy (non-hydrogen) atoms. The molecule has 1 amide bonds. The van der Waals surface area contributed by atoms with Crippen molar-refractivity contribution in [1.29, 1.82) is 0 Å². The van der Waals surface area contributed by atoms with E-state index in [9.17, 15) is 4.79 Å². The van der Waals surface area contributed by atoms with Crippen LogP contribution in [-0.2, 0) is 11.2 Å². The number of carbonyl (C=O) groups is 1. The van der Waals surface area contributed by atoms with E-state index in [0.717, 1.165) is 17.1 Å². The van der Waals surface area contributed by atoms with Gasteiger partial charge >= 0.3 is 0 Å². The van der Waals surface area contributed by atoms with Crippen molar-refractivity contribution in [3.8, 4) is 5.69 Å². The number of nitrogens with one attached hydrogen (secondary N) is 1. The van der Waals surface area contributed by atoms with E-state index in [2.05, 4.69) is 15.5 Å². The highest BCUT2D eigenvalue weighted by atomic mass is 35.5. The van der Waals surface area contributed by atoms with Crippen LogP contribution in [0.1, 0.15) is 11.4 Å². The number of benzene rings is 3. The molecular weight excluding hydrogens is 487 g/mol. The first-order valence-corrected chi connectivity index (χ1v) is 11.7. The van der Waals surface area contributed by atoms with Crippen LogP contribution in [0.2, 0.25) is 15.1 Å². The Hall–Kier alpha value is -2.51. The smallest absolute Gasteiger partial charge is 0.234 e. The predicted octanol–water partition coefficient (Wildman–Crippen LogP) is 6.55. The average Bonchev–Trinajstić information content (AvgIpc) is 3.18. The predicted molar refractivity (Wildman–Crippen MR) is 131 cm³/mol. The lowest BCUT2D eigenvalue weighted by Gasteiger charge is -2.11. The first-order valence-electron chi connectivity index (χ1n) is 9.61. The van der Waals surface area contributed by atoms with Gasteiger partial charge in [0.2, 0.25) is 5.91 Å². The van der Waals surface area contributed by atoms with Crippen molar-refractivity contribution in [2.45, 2.75) is 11.6 Å². The van der Waals surface area contributed by atoms with Crippen LogP contribution < -0.4 is 5.32 Å². The van der Waals surface area contributed by atoms with Crippen molar-refractivity contribution < 1.29 is 4.79 Å². The lowest BCUT2D eigenvalue weighted by Crippen LogP contribution is -2.15. The van der Waals surface area contributed by atoms with Gasteiger partial charge in [0, 0.05) is 22.2 Å². The zero-order chi connectivity index (χ0) is 22.5. The van der Waals surface area contributed by atoms with E-state index in [-0.39, 0.29) is 11.7 Å². The molecule has 0 aliphatic heterocycles. The fourth-order valence-corrected chi connectivity index (χ4v) is 4.40. The maximum Gasteiger partial charge on any atom is 0.234 e. The summed E-state index contributed by atoms with van der Waals surface area (Å²) in [6, 6.07) is 22.4. The van der Waals surface area contributed by atoms with E-state index in [4.69, 9.17) is 34.8 Å². The summed E-state index contributed by atoms with van der Waals surface area (Å²) in [5, 5.41) is 13.7. The number of halogens is 3. The number of rotatable bonds is 7. The number of thioether (sulfide) groups is 1. The van der Waals surface area contributed by atoms with E-state index >= 15 is 0 Å². The molecule has 5 nitrogen and oxygen atoms in total. The molecule has 0 unspecified atom stereocenters. The first kappa shape index (κ1) is 22.7. The molecule has 0 atom stereocenters. The van der Waals surface area contributed by atoms with Gasteiger partial charge in [0.05, 0.1) is 16.5 Å². The number of carbonyl (C=O) groups excluding carboxylic acids is 1. The maximum absolute atomic E-state index is 12.5. The van der Waals surface area contributed by atoms with Gasteiger partial charge in [-0.05, 0) is 48.0 Å². The largest absolute Gasteiger partial charge is 0.324 e. The fraction of sp³-hybridized carbons (Fsp3) is 0.0870. The van der Waals surface area contributed by atoms with Crippen molar-refractivity contribution in [3.05, 3.63) is 99.3 Å². The molecule has 0 spiro atoms. The van der Waals surface area contributed by atoms with Crippen LogP contribution in [0, 0.1) is 0 Å². The molecule has 1 aromatic heterocycles. The molecule has 162 valence electrons. The van der Waals surface area contributed by atoms with Crippen molar-refractivity contribution in [2.75, 3.05) is 11.1 Å². The lowest BCUT2D eigenvalue weighted by molar-refractivity contribution is -0.113. The molecule has 4 rings (SSSR count). The summed E-state index contributed by atoms with van der Waals surface area (Å²) in [7, 11) is 0.